The summed E-state index contributed by atoms with van der Waals surface area (Å²) in [5.74, 6) is 0.274. The summed E-state index contributed by atoms with van der Waals surface area (Å²) < 4.78 is 0. The predicted octanol–water partition coefficient (Wildman–Crippen LogP) is 5.87. The molecule has 0 aromatic heterocycles. The Morgan fingerprint density at radius 1 is 0.407 bits per heavy atom. The summed E-state index contributed by atoms with van der Waals surface area (Å²) in [5.41, 5.74) is 3.59. The van der Waals surface area contributed by atoms with Gasteiger partial charge in [-0.3, -0.25) is 0 Å². The predicted molar refractivity (Wildman–Crippen MR) is 110 cm³/mol. The van der Waals surface area contributed by atoms with Crippen molar-refractivity contribution in [1.82, 2.24) is 0 Å². The topological polar surface area (TPSA) is 60.7 Å². The van der Waals surface area contributed by atoms with Gasteiger partial charge in [0.2, 0.25) is 0 Å². The molecule has 0 amide bonds. The molecule has 0 saturated heterocycles. The summed E-state index contributed by atoms with van der Waals surface area (Å²) in [5, 5.41) is 32.1. The number of hydrogen-bond acceptors (Lipinski definition) is 3. The van der Waals surface area contributed by atoms with Crippen LogP contribution in [-0.4, -0.2) is 15.3 Å². The first-order valence-electron chi connectivity index (χ1n) is 8.63. The molecule has 3 N–H and O–H groups in total. The third-order valence-electron chi connectivity index (χ3n) is 4.56. The summed E-state index contributed by atoms with van der Waals surface area (Å²) in [7, 11) is 0. The lowest BCUT2D eigenvalue weighted by atomic mass is 9.97. The second-order valence-corrected chi connectivity index (χ2v) is 6.37. The van der Waals surface area contributed by atoms with Crippen molar-refractivity contribution < 1.29 is 15.3 Å². The van der Waals surface area contributed by atoms with Crippen molar-refractivity contribution in [3.8, 4) is 0 Å². The van der Waals surface area contributed by atoms with Gasteiger partial charge in [0, 0.05) is 33.4 Å². The van der Waals surface area contributed by atoms with E-state index in [1.165, 1.54) is 0 Å². The van der Waals surface area contributed by atoms with Crippen molar-refractivity contribution in [3.63, 3.8) is 0 Å². The number of benzene rings is 1. The Morgan fingerprint density at radius 3 is 0.852 bits per heavy atom. The van der Waals surface area contributed by atoms with E-state index in [0.29, 0.717) is 33.4 Å². The molecule has 3 aliphatic carbocycles. The fraction of sp³-hybridized carbons (Fsp3) is 0. The fourth-order valence-electron chi connectivity index (χ4n) is 3.13. The average Bonchev–Trinajstić information content (AvgIpc) is 3.47. The second-order valence-electron chi connectivity index (χ2n) is 6.37. The van der Waals surface area contributed by atoms with Gasteiger partial charge >= 0.3 is 0 Å². The third-order valence-corrected chi connectivity index (χ3v) is 4.56. The molecule has 3 heteroatoms. The molecule has 0 aliphatic heterocycles. The molecular weight excluding hydrogens is 336 g/mol. The van der Waals surface area contributed by atoms with Crippen LogP contribution >= 0.6 is 0 Å². The Morgan fingerprint density at radius 2 is 0.630 bits per heavy atom. The van der Waals surface area contributed by atoms with Crippen LogP contribution in [0.3, 0.4) is 0 Å². The van der Waals surface area contributed by atoms with Gasteiger partial charge < -0.3 is 15.3 Å². The molecule has 0 heterocycles. The normalized spacial score (nSPS) is 16.2. The first kappa shape index (κ1) is 16.7. The Balaban J connectivity index is 1.91. The van der Waals surface area contributed by atoms with Gasteiger partial charge in [-0.15, -0.1) is 0 Å². The number of hydrogen-bond donors (Lipinski definition) is 3. The molecule has 27 heavy (non-hydrogen) atoms. The van der Waals surface area contributed by atoms with Crippen LogP contribution < -0.4 is 0 Å². The molecule has 0 radical (unpaired) electrons. The minimum absolute atomic E-state index is 0.0914. The monoisotopic (exact) mass is 354 g/mol. The molecule has 0 atom stereocenters. The third kappa shape index (κ3) is 3.23. The summed E-state index contributed by atoms with van der Waals surface area (Å²) in [6.45, 7) is 0. The lowest BCUT2D eigenvalue weighted by molar-refractivity contribution is 0.503. The van der Waals surface area contributed by atoms with Crippen LogP contribution in [0.1, 0.15) is 16.7 Å². The molecule has 1 aromatic carbocycles. The highest BCUT2D eigenvalue weighted by Gasteiger charge is 2.15. The van der Waals surface area contributed by atoms with Crippen molar-refractivity contribution >= 4 is 17.3 Å². The molecule has 3 aliphatic rings. The number of rotatable bonds is 3. The first-order chi connectivity index (χ1) is 13.1. The van der Waals surface area contributed by atoms with Gasteiger partial charge in [-0.2, -0.15) is 0 Å². The maximum absolute atomic E-state index is 10.7. The minimum atomic E-state index is 0.0914. The second kappa shape index (κ2) is 6.89. The van der Waals surface area contributed by atoms with Crippen molar-refractivity contribution in [2.75, 3.05) is 0 Å². The SMILES string of the molecule is OC(=C1C=CC=C1)c1cc(C(O)=C2C=CC=C2)cc(C(O)=C2C=CC=C2)c1. The van der Waals surface area contributed by atoms with Gasteiger partial charge in [-0.1, -0.05) is 72.9 Å². The molecule has 0 spiro atoms. The summed E-state index contributed by atoms with van der Waals surface area (Å²) >= 11 is 0. The zero-order valence-electron chi connectivity index (χ0n) is 14.5. The van der Waals surface area contributed by atoms with E-state index < -0.39 is 0 Å². The maximum Gasteiger partial charge on any atom is 0.130 e. The minimum Gasteiger partial charge on any atom is -0.507 e. The molecule has 1 aromatic rings. The van der Waals surface area contributed by atoms with E-state index in [4.69, 9.17) is 0 Å². The molecule has 0 fully saturated rings. The lowest BCUT2D eigenvalue weighted by Gasteiger charge is -2.12. The van der Waals surface area contributed by atoms with E-state index in [1.807, 2.05) is 72.9 Å². The Bertz CT molecular complexity index is 888. The van der Waals surface area contributed by atoms with Gasteiger partial charge in [-0.25, -0.2) is 0 Å². The van der Waals surface area contributed by atoms with E-state index in [2.05, 4.69) is 0 Å². The quantitative estimate of drug-likeness (QED) is 0.595. The van der Waals surface area contributed by atoms with Gasteiger partial charge in [0.25, 0.3) is 0 Å². The molecular formula is C24H18O3. The number of allylic oxidation sites excluding steroid dienone is 15. The van der Waals surface area contributed by atoms with Crippen LogP contribution in [0.4, 0.5) is 0 Å². The Hall–Kier alpha value is -3.72. The van der Waals surface area contributed by atoms with E-state index in [9.17, 15) is 15.3 Å². The molecule has 0 bridgehead atoms. The summed E-state index contributed by atoms with van der Waals surface area (Å²) in [6.07, 6.45) is 21.9. The Kier molecular flexibility index (Phi) is 4.27. The van der Waals surface area contributed by atoms with E-state index in [-0.39, 0.29) is 17.3 Å². The maximum atomic E-state index is 10.7. The Labute approximate surface area is 157 Å². The molecule has 0 saturated carbocycles. The average molecular weight is 354 g/mol. The van der Waals surface area contributed by atoms with Crippen LogP contribution in [0.5, 0.6) is 0 Å². The van der Waals surface area contributed by atoms with Crippen molar-refractivity contribution in [2.45, 2.75) is 0 Å². The number of aliphatic hydroxyl groups excluding tert-OH is 3. The molecule has 132 valence electrons. The highest BCUT2D eigenvalue weighted by Crippen LogP contribution is 2.31. The molecule has 0 unspecified atom stereocenters. The number of aliphatic hydroxyl groups is 3. The van der Waals surface area contributed by atoms with E-state index in [0.717, 1.165) is 0 Å². The van der Waals surface area contributed by atoms with Gasteiger partial charge in [0.15, 0.2) is 0 Å². The zero-order chi connectivity index (χ0) is 18.8. The van der Waals surface area contributed by atoms with Crippen molar-refractivity contribution in [3.05, 3.63) is 125 Å². The van der Waals surface area contributed by atoms with Crippen LogP contribution in [0, 0.1) is 0 Å². The van der Waals surface area contributed by atoms with Crippen LogP contribution in [0.25, 0.3) is 17.3 Å². The molecule has 3 nitrogen and oxygen atoms in total. The van der Waals surface area contributed by atoms with Gasteiger partial charge in [-0.05, 0) is 18.2 Å². The van der Waals surface area contributed by atoms with Crippen molar-refractivity contribution in [1.29, 1.82) is 0 Å². The van der Waals surface area contributed by atoms with E-state index >= 15 is 0 Å². The van der Waals surface area contributed by atoms with Crippen LogP contribution in [0.15, 0.2) is 108 Å². The van der Waals surface area contributed by atoms with Gasteiger partial charge in [0.1, 0.15) is 17.3 Å². The smallest absolute Gasteiger partial charge is 0.130 e. The summed E-state index contributed by atoms with van der Waals surface area (Å²) in [6, 6.07) is 5.14. The fourth-order valence-corrected chi connectivity index (χ4v) is 3.13. The van der Waals surface area contributed by atoms with Crippen molar-refractivity contribution in [2.24, 2.45) is 0 Å². The van der Waals surface area contributed by atoms with Crippen LogP contribution in [-0.2, 0) is 0 Å². The lowest BCUT2D eigenvalue weighted by Crippen LogP contribution is -1.97. The largest absolute Gasteiger partial charge is 0.507 e. The van der Waals surface area contributed by atoms with Gasteiger partial charge in [0.05, 0.1) is 0 Å². The zero-order valence-corrected chi connectivity index (χ0v) is 14.5. The highest BCUT2D eigenvalue weighted by molar-refractivity contribution is 5.79. The molecule has 4 rings (SSSR count). The standard InChI is InChI=1S/C24H18O3/c25-22(16-7-1-2-8-16)19-13-20(23(26)17-9-3-4-10-17)15-21(14-19)24(27)18-11-5-6-12-18/h1-15,25-27H. The van der Waals surface area contributed by atoms with Crippen LogP contribution in [0.2, 0.25) is 0 Å². The first-order valence-corrected chi connectivity index (χ1v) is 8.63. The van der Waals surface area contributed by atoms with E-state index in [1.54, 1.807) is 18.2 Å². The highest BCUT2D eigenvalue weighted by atomic mass is 16.3. The summed E-state index contributed by atoms with van der Waals surface area (Å²) in [4.78, 5) is 0.